The molecule has 17 heavy (non-hydrogen) atoms. The zero-order valence-corrected chi connectivity index (χ0v) is 11.5. The molecule has 0 saturated carbocycles. The SMILES string of the molecule is ClCCc1nnc(-c2cc3c(s2)CCSC3)o1. The molecule has 3 rings (SSSR count). The lowest BCUT2D eigenvalue weighted by Crippen LogP contribution is -1.96. The molecule has 2 aromatic rings. The summed E-state index contributed by atoms with van der Waals surface area (Å²) in [4.78, 5) is 2.56. The molecule has 0 aromatic carbocycles. The molecule has 1 aliphatic rings. The maximum absolute atomic E-state index is 5.65. The highest BCUT2D eigenvalue weighted by atomic mass is 35.5. The first kappa shape index (κ1) is 11.6. The predicted molar refractivity (Wildman–Crippen MR) is 71.9 cm³/mol. The van der Waals surface area contributed by atoms with Crippen LogP contribution in [-0.2, 0) is 18.6 Å². The van der Waals surface area contributed by atoms with Crippen molar-refractivity contribution < 1.29 is 4.42 Å². The van der Waals surface area contributed by atoms with Crippen molar-refractivity contribution in [2.75, 3.05) is 11.6 Å². The number of aryl methyl sites for hydroxylation is 2. The van der Waals surface area contributed by atoms with Crippen LogP contribution in [0.2, 0.25) is 0 Å². The molecule has 6 heteroatoms. The van der Waals surface area contributed by atoms with Gasteiger partial charge in [0.25, 0.3) is 5.89 Å². The van der Waals surface area contributed by atoms with E-state index >= 15 is 0 Å². The molecule has 0 saturated heterocycles. The first-order valence-corrected chi connectivity index (χ1v) is 7.95. The van der Waals surface area contributed by atoms with E-state index in [-0.39, 0.29) is 0 Å². The molecule has 2 aromatic heterocycles. The minimum Gasteiger partial charge on any atom is -0.420 e. The van der Waals surface area contributed by atoms with Crippen LogP contribution in [0.5, 0.6) is 0 Å². The van der Waals surface area contributed by atoms with E-state index in [4.69, 9.17) is 16.0 Å². The van der Waals surface area contributed by atoms with Crippen molar-refractivity contribution in [2.45, 2.75) is 18.6 Å². The van der Waals surface area contributed by atoms with E-state index in [2.05, 4.69) is 16.3 Å². The molecule has 0 spiro atoms. The largest absolute Gasteiger partial charge is 0.420 e. The van der Waals surface area contributed by atoms with Gasteiger partial charge >= 0.3 is 0 Å². The minimum absolute atomic E-state index is 0.513. The van der Waals surface area contributed by atoms with Crippen molar-refractivity contribution in [2.24, 2.45) is 0 Å². The highest BCUT2D eigenvalue weighted by Gasteiger charge is 2.17. The highest BCUT2D eigenvalue weighted by Crippen LogP contribution is 2.36. The van der Waals surface area contributed by atoms with Crippen LogP contribution in [0.3, 0.4) is 0 Å². The molecule has 0 amide bonds. The summed E-state index contributed by atoms with van der Waals surface area (Å²) >= 11 is 9.41. The molecular formula is C11H11ClN2OS2. The van der Waals surface area contributed by atoms with Crippen molar-refractivity contribution in [3.05, 3.63) is 22.4 Å². The van der Waals surface area contributed by atoms with Gasteiger partial charge in [0.05, 0.1) is 4.88 Å². The predicted octanol–water partition coefficient (Wildman–Crippen LogP) is 3.37. The fraction of sp³-hybridized carbons (Fsp3) is 0.455. The Bertz CT molecular complexity index is 500. The number of aromatic nitrogens is 2. The van der Waals surface area contributed by atoms with Crippen molar-refractivity contribution >= 4 is 34.7 Å². The molecule has 1 aliphatic heterocycles. The Labute approximate surface area is 113 Å². The second kappa shape index (κ2) is 5.00. The van der Waals surface area contributed by atoms with Crippen molar-refractivity contribution in [1.29, 1.82) is 0 Å². The number of thiophene rings is 1. The number of fused-ring (bicyclic) bond motifs is 1. The second-order valence-corrected chi connectivity index (χ2v) is 6.42. The third-order valence-electron chi connectivity index (χ3n) is 2.61. The van der Waals surface area contributed by atoms with Gasteiger partial charge in [0, 0.05) is 22.9 Å². The van der Waals surface area contributed by atoms with Gasteiger partial charge in [-0.1, -0.05) is 0 Å². The summed E-state index contributed by atoms with van der Waals surface area (Å²) in [7, 11) is 0. The molecule has 0 fully saturated rings. The van der Waals surface area contributed by atoms with Crippen molar-refractivity contribution in [1.82, 2.24) is 10.2 Å². The Kier molecular flexibility index (Phi) is 3.40. The molecule has 3 nitrogen and oxygen atoms in total. The van der Waals surface area contributed by atoms with Gasteiger partial charge < -0.3 is 4.42 Å². The van der Waals surface area contributed by atoms with Gasteiger partial charge in [0.2, 0.25) is 5.89 Å². The molecule has 0 bridgehead atoms. The van der Waals surface area contributed by atoms with E-state index in [9.17, 15) is 0 Å². The zero-order chi connectivity index (χ0) is 11.7. The summed E-state index contributed by atoms with van der Waals surface area (Å²) in [6, 6.07) is 2.18. The number of nitrogens with zero attached hydrogens (tertiary/aromatic N) is 2. The van der Waals surface area contributed by atoms with Crippen LogP contribution in [0.1, 0.15) is 16.3 Å². The summed E-state index contributed by atoms with van der Waals surface area (Å²) in [6.45, 7) is 0. The van der Waals surface area contributed by atoms with Gasteiger partial charge in [-0.25, -0.2) is 0 Å². The summed E-state index contributed by atoms with van der Waals surface area (Å²) in [5.74, 6) is 4.09. The molecule has 0 N–H and O–H groups in total. The number of halogens is 1. The first-order valence-electron chi connectivity index (χ1n) is 5.45. The Morgan fingerprint density at radius 2 is 2.35 bits per heavy atom. The maximum atomic E-state index is 5.65. The van der Waals surface area contributed by atoms with Gasteiger partial charge in [0.1, 0.15) is 0 Å². The first-order chi connectivity index (χ1) is 8.36. The number of hydrogen-bond acceptors (Lipinski definition) is 5. The molecule has 0 radical (unpaired) electrons. The third-order valence-corrected chi connectivity index (χ3v) is 5.04. The molecule has 90 valence electrons. The standard InChI is InChI=1S/C11H11ClN2OS2/c12-3-1-10-13-14-11(15-10)9-5-7-6-16-4-2-8(7)17-9/h5H,1-4,6H2. The average Bonchev–Trinajstić information content (AvgIpc) is 2.94. The second-order valence-electron chi connectivity index (χ2n) is 3.80. The molecule has 0 atom stereocenters. The van der Waals surface area contributed by atoms with Gasteiger partial charge in [0.15, 0.2) is 0 Å². The van der Waals surface area contributed by atoms with Crippen LogP contribution in [0.15, 0.2) is 10.5 Å². The Morgan fingerprint density at radius 3 is 3.18 bits per heavy atom. The van der Waals surface area contributed by atoms with E-state index in [1.54, 1.807) is 11.3 Å². The van der Waals surface area contributed by atoms with E-state index in [1.807, 2.05) is 11.8 Å². The Balaban J connectivity index is 1.89. The van der Waals surface area contributed by atoms with Gasteiger partial charge in [-0.3, -0.25) is 0 Å². The lowest BCUT2D eigenvalue weighted by atomic mass is 10.2. The van der Waals surface area contributed by atoms with Gasteiger partial charge in [-0.05, 0) is 23.8 Å². The van der Waals surface area contributed by atoms with Crippen LogP contribution in [0.25, 0.3) is 10.8 Å². The smallest absolute Gasteiger partial charge is 0.257 e. The average molecular weight is 287 g/mol. The quantitative estimate of drug-likeness (QED) is 0.811. The Morgan fingerprint density at radius 1 is 1.41 bits per heavy atom. The van der Waals surface area contributed by atoms with Gasteiger partial charge in [-0.15, -0.1) is 33.1 Å². The third kappa shape index (κ3) is 2.37. The van der Waals surface area contributed by atoms with E-state index in [1.165, 1.54) is 16.2 Å². The fourth-order valence-electron chi connectivity index (χ4n) is 1.79. The Hall–Kier alpha value is -0.520. The monoisotopic (exact) mass is 286 g/mol. The number of rotatable bonds is 3. The zero-order valence-electron chi connectivity index (χ0n) is 9.11. The van der Waals surface area contributed by atoms with E-state index in [0.717, 1.165) is 17.1 Å². The lowest BCUT2D eigenvalue weighted by molar-refractivity contribution is 0.515. The van der Waals surface area contributed by atoms with E-state index in [0.29, 0.717) is 24.1 Å². The number of alkyl halides is 1. The van der Waals surface area contributed by atoms with Crippen molar-refractivity contribution in [3.63, 3.8) is 0 Å². The molecule has 0 unspecified atom stereocenters. The number of hydrogen-bond donors (Lipinski definition) is 0. The maximum Gasteiger partial charge on any atom is 0.257 e. The minimum atomic E-state index is 0.513. The molecule has 3 heterocycles. The fourth-order valence-corrected chi connectivity index (χ4v) is 4.24. The molecule has 0 aliphatic carbocycles. The van der Waals surface area contributed by atoms with E-state index < -0.39 is 0 Å². The lowest BCUT2D eigenvalue weighted by Gasteiger charge is -2.08. The normalized spacial score (nSPS) is 14.9. The number of thioether (sulfide) groups is 1. The molecular weight excluding hydrogens is 276 g/mol. The van der Waals surface area contributed by atoms with Crippen LogP contribution in [-0.4, -0.2) is 21.8 Å². The van der Waals surface area contributed by atoms with Crippen LogP contribution in [0.4, 0.5) is 0 Å². The van der Waals surface area contributed by atoms with Gasteiger partial charge in [-0.2, -0.15) is 11.8 Å². The highest BCUT2D eigenvalue weighted by molar-refractivity contribution is 7.98. The van der Waals surface area contributed by atoms with Crippen molar-refractivity contribution in [3.8, 4) is 10.8 Å². The summed E-state index contributed by atoms with van der Waals surface area (Å²) in [5.41, 5.74) is 1.43. The van der Waals surface area contributed by atoms with Crippen LogP contribution < -0.4 is 0 Å². The summed E-state index contributed by atoms with van der Waals surface area (Å²) in [5, 5.41) is 8.07. The topological polar surface area (TPSA) is 38.9 Å². The van der Waals surface area contributed by atoms with Crippen LogP contribution in [0, 0.1) is 0 Å². The summed E-state index contributed by atoms with van der Waals surface area (Å²) in [6.07, 6.45) is 1.79. The summed E-state index contributed by atoms with van der Waals surface area (Å²) < 4.78 is 5.58. The van der Waals surface area contributed by atoms with Crippen LogP contribution >= 0.6 is 34.7 Å².